The molecule has 0 bridgehead atoms. The lowest BCUT2D eigenvalue weighted by Crippen LogP contribution is -2.29. The second-order valence-corrected chi connectivity index (χ2v) is 5.36. The number of benzene rings is 1. The van der Waals surface area contributed by atoms with E-state index in [4.69, 9.17) is 0 Å². The number of hydrogen-bond donors (Lipinski definition) is 1. The molecular formula is C15H21FN2O. The molecule has 0 radical (unpaired) electrons. The molecule has 1 aromatic carbocycles. The van der Waals surface area contributed by atoms with Crippen LogP contribution in [0.25, 0.3) is 0 Å². The van der Waals surface area contributed by atoms with E-state index in [1.165, 1.54) is 25.3 Å². The van der Waals surface area contributed by atoms with E-state index < -0.39 is 0 Å². The van der Waals surface area contributed by atoms with E-state index in [9.17, 15) is 9.18 Å². The summed E-state index contributed by atoms with van der Waals surface area (Å²) in [6.07, 6.45) is 3.60. The van der Waals surface area contributed by atoms with Gasteiger partial charge in [0.15, 0.2) is 0 Å². The molecular weight excluding hydrogens is 243 g/mol. The van der Waals surface area contributed by atoms with Crippen LogP contribution in [0.15, 0.2) is 18.2 Å². The summed E-state index contributed by atoms with van der Waals surface area (Å²) in [5, 5.41) is 2.65. The quantitative estimate of drug-likeness (QED) is 0.907. The maximum Gasteiger partial charge on any atom is 0.227 e. The van der Waals surface area contributed by atoms with Gasteiger partial charge in [0.25, 0.3) is 0 Å². The van der Waals surface area contributed by atoms with Crippen molar-refractivity contribution in [1.82, 2.24) is 0 Å². The summed E-state index contributed by atoms with van der Waals surface area (Å²) in [6.45, 7) is 5.59. The van der Waals surface area contributed by atoms with Crippen molar-refractivity contribution in [1.29, 1.82) is 0 Å². The van der Waals surface area contributed by atoms with Gasteiger partial charge in [-0.3, -0.25) is 4.79 Å². The first kappa shape index (κ1) is 13.8. The van der Waals surface area contributed by atoms with Crippen molar-refractivity contribution < 1.29 is 9.18 Å². The standard InChI is InChI=1S/C15H21FN2O/c1-11(2)15(19)17-14-10-12(6-7-13(14)16)18-8-4-3-5-9-18/h6-7,10-11H,3-5,8-9H2,1-2H3,(H,17,19). The summed E-state index contributed by atoms with van der Waals surface area (Å²) < 4.78 is 13.7. The highest BCUT2D eigenvalue weighted by atomic mass is 19.1. The monoisotopic (exact) mass is 264 g/mol. The molecule has 1 aliphatic rings. The predicted octanol–water partition coefficient (Wildman–Crippen LogP) is 3.41. The molecule has 3 nitrogen and oxygen atoms in total. The van der Waals surface area contributed by atoms with E-state index in [-0.39, 0.29) is 23.3 Å². The summed E-state index contributed by atoms with van der Waals surface area (Å²) >= 11 is 0. The number of nitrogens with one attached hydrogen (secondary N) is 1. The molecule has 19 heavy (non-hydrogen) atoms. The molecule has 0 aromatic heterocycles. The topological polar surface area (TPSA) is 32.3 Å². The molecule has 1 N–H and O–H groups in total. The molecule has 1 saturated heterocycles. The number of piperidine rings is 1. The molecule has 0 unspecified atom stereocenters. The molecule has 1 aliphatic heterocycles. The van der Waals surface area contributed by atoms with Gasteiger partial charge in [-0.15, -0.1) is 0 Å². The average Bonchev–Trinajstić information content (AvgIpc) is 2.42. The maximum atomic E-state index is 13.7. The zero-order valence-electron chi connectivity index (χ0n) is 11.6. The largest absolute Gasteiger partial charge is 0.371 e. The lowest BCUT2D eigenvalue weighted by atomic mass is 10.1. The zero-order chi connectivity index (χ0) is 13.8. The van der Waals surface area contributed by atoms with E-state index in [0.717, 1.165) is 18.8 Å². The number of rotatable bonds is 3. The minimum Gasteiger partial charge on any atom is -0.371 e. The predicted molar refractivity (Wildman–Crippen MR) is 75.9 cm³/mol. The Morgan fingerprint density at radius 1 is 1.26 bits per heavy atom. The van der Waals surface area contributed by atoms with E-state index >= 15 is 0 Å². The Balaban J connectivity index is 2.16. The average molecular weight is 264 g/mol. The first-order valence-corrected chi connectivity index (χ1v) is 6.93. The smallest absolute Gasteiger partial charge is 0.227 e. The number of anilines is 2. The fourth-order valence-electron chi connectivity index (χ4n) is 2.23. The molecule has 1 aromatic rings. The van der Waals surface area contributed by atoms with Crippen molar-refractivity contribution in [3.8, 4) is 0 Å². The van der Waals surface area contributed by atoms with Crippen LogP contribution in [0.2, 0.25) is 0 Å². The lowest BCUT2D eigenvalue weighted by Gasteiger charge is -2.29. The van der Waals surface area contributed by atoms with Crippen LogP contribution in [0.5, 0.6) is 0 Å². The second-order valence-electron chi connectivity index (χ2n) is 5.36. The molecule has 0 atom stereocenters. The van der Waals surface area contributed by atoms with Gasteiger partial charge in [0, 0.05) is 24.7 Å². The molecule has 104 valence electrons. The van der Waals surface area contributed by atoms with Crippen LogP contribution >= 0.6 is 0 Å². The highest BCUT2D eigenvalue weighted by Crippen LogP contribution is 2.25. The van der Waals surface area contributed by atoms with E-state index in [0.29, 0.717) is 0 Å². The third-order valence-electron chi connectivity index (χ3n) is 3.45. The van der Waals surface area contributed by atoms with Gasteiger partial charge in [-0.2, -0.15) is 0 Å². The Morgan fingerprint density at radius 3 is 2.58 bits per heavy atom. The van der Waals surface area contributed by atoms with Gasteiger partial charge in [0.2, 0.25) is 5.91 Å². The number of nitrogens with zero attached hydrogens (tertiary/aromatic N) is 1. The maximum absolute atomic E-state index is 13.7. The van der Waals surface area contributed by atoms with Gasteiger partial charge in [0.05, 0.1) is 5.69 Å². The van der Waals surface area contributed by atoms with Crippen molar-refractivity contribution in [2.24, 2.45) is 5.92 Å². The van der Waals surface area contributed by atoms with Gasteiger partial charge in [-0.25, -0.2) is 4.39 Å². The van der Waals surface area contributed by atoms with Crippen molar-refractivity contribution in [3.05, 3.63) is 24.0 Å². The number of carbonyl (C=O) groups excluding carboxylic acids is 1. The Labute approximate surface area is 113 Å². The van der Waals surface area contributed by atoms with E-state index in [2.05, 4.69) is 10.2 Å². The second kappa shape index (κ2) is 6.04. The summed E-state index contributed by atoms with van der Waals surface area (Å²) in [4.78, 5) is 13.9. The summed E-state index contributed by atoms with van der Waals surface area (Å²) in [7, 11) is 0. The molecule has 4 heteroatoms. The van der Waals surface area contributed by atoms with Gasteiger partial charge < -0.3 is 10.2 Å². The van der Waals surface area contributed by atoms with Crippen LogP contribution in [-0.4, -0.2) is 19.0 Å². The van der Waals surface area contributed by atoms with Gasteiger partial charge in [-0.05, 0) is 37.5 Å². The van der Waals surface area contributed by atoms with Crippen LogP contribution in [-0.2, 0) is 4.79 Å². The molecule has 2 rings (SSSR count). The number of halogens is 1. The highest BCUT2D eigenvalue weighted by Gasteiger charge is 2.15. The van der Waals surface area contributed by atoms with Crippen LogP contribution in [0.1, 0.15) is 33.1 Å². The fourth-order valence-corrected chi connectivity index (χ4v) is 2.23. The molecule has 1 heterocycles. The Morgan fingerprint density at radius 2 is 1.95 bits per heavy atom. The van der Waals surface area contributed by atoms with Crippen molar-refractivity contribution in [2.75, 3.05) is 23.3 Å². The summed E-state index contributed by atoms with van der Waals surface area (Å²) in [6, 6.07) is 4.95. The first-order chi connectivity index (χ1) is 9.08. The summed E-state index contributed by atoms with van der Waals surface area (Å²) in [5.41, 5.74) is 1.27. The van der Waals surface area contributed by atoms with Crippen LogP contribution in [0, 0.1) is 11.7 Å². The van der Waals surface area contributed by atoms with Crippen LogP contribution < -0.4 is 10.2 Å². The van der Waals surface area contributed by atoms with Gasteiger partial charge in [0.1, 0.15) is 5.82 Å². The molecule has 0 spiro atoms. The SMILES string of the molecule is CC(C)C(=O)Nc1cc(N2CCCCC2)ccc1F. The molecule has 0 aliphatic carbocycles. The molecule has 1 fully saturated rings. The Hall–Kier alpha value is -1.58. The lowest BCUT2D eigenvalue weighted by molar-refractivity contribution is -0.118. The Bertz CT molecular complexity index is 453. The van der Waals surface area contributed by atoms with Gasteiger partial charge >= 0.3 is 0 Å². The van der Waals surface area contributed by atoms with Crippen molar-refractivity contribution >= 4 is 17.3 Å². The fraction of sp³-hybridized carbons (Fsp3) is 0.533. The number of carbonyl (C=O) groups is 1. The first-order valence-electron chi connectivity index (χ1n) is 6.93. The minimum absolute atomic E-state index is 0.155. The third-order valence-corrected chi connectivity index (χ3v) is 3.45. The normalized spacial score (nSPS) is 15.7. The van der Waals surface area contributed by atoms with Crippen LogP contribution in [0.3, 0.4) is 0 Å². The Kier molecular flexibility index (Phi) is 4.40. The van der Waals surface area contributed by atoms with Gasteiger partial charge in [-0.1, -0.05) is 13.8 Å². The number of hydrogen-bond acceptors (Lipinski definition) is 2. The van der Waals surface area contributed by atoms with E-state index in [1.807, 2.05) is 0 Å². The molecule has 1 amide bonds. The van der Waals surface area contributed by atoms with E-state index in [1.54, 1.807) is 26.0 Å². The highest BCUT2D eigenvalue weighted by molar-refractivity contribution is 5.92. The zero-order valence-corrected chi connectivity index (χ0v) is 11.6. The minimum atomic E-state index is -0.380. The van der Waals surface area contributed by atoms with Crippen LogP contribution in [0.4, 0.5) is 15.8 Å². The van der Waals surface area contributed by atoms with Crippen molar-refractivity contribution in [2.45, 2.75) is 33.1 Å². The summed E-state index contributed by atoms with van der Waals surface area (Å²) in [5.74, 6) is -0.692. The number of amides is 1. The molecule has 0 saturated carbocycles. The van der Waals surface area contributed by atoms with Crippen molar-refractivity contribution in [3.63, 3.8) is 0 Å². The third kappa shape index (κ3) is 3.46.